The molecule has 29 heavy (non-hydrogen) atoms. The number of carbonyl (C=O) groups is 2. The van der Waals surface area contributed by atoms with E-state index in [0.717, 1.165) is 24.3 Å². The van der Waals surface area contributed by atoms with Crippen LogP contribution in [0.3, 0.4) is 0 Å². The van der Waals surface area contributed by atoms with Gasteiger partial charge in [-0.25, -0.2) is 4.79 Å². The maximum Gasteiger partial charge on any atom is 0.416 e. The quantitative estimate of drug-likeness (QED) is 0.659. The number of esters is 1. The van der Waals surface area contributed by atoms with Gasteiger partial charge in [0.25, 0.3) is 5.91 Å². The lowest BCUT2D eigenvalue weighted by molar-refractivity contribution is -0.137. The number of para-hydroxylation sites is 1. The van der Waals surface area contributed by atoms with Crippen molar-refractivity contribution >= 4 is 17.6 Å². The summed E-state index contributed by atoms with van der Waals surface area (Å²) in [6.45, 7) is 0.947. The predicted octanol–water partition coefficient (Wildman–Crippen LogP) is 3.39. The molecule has 3 aromatic rings. The van der Waals surface area contributed by atoms with Crippen molar-refractivity contribution in [3.8, 4) is 5.69 Å². The van der Waals surface area contributed by atoms with Gasteiger partial charge in [-0.15, -0.1) is 5.10 Å². The fraction of sp³-hybridized carbons (Fsp3) is 0.158. The van der Waals surface area contributed by atoms with Crippen LogP contribution in [0.2, 0.25) is 0 Å². The van der Waals surface area contributed by atoms with E-state index in [9.17, 15) is 22.8 Å². The molecule has 0 unspecified atom stereocenters. The molecule has 0 saturated heterocycles. The average molecular weight is 404 g/mol. The van der Waals surface area contributed by atoms with Gasteiger partial charge in [-0.2, -0.15) is 23.1 Å². The number of alkyl halides is 3. The smallest absolute Gasteiger partial charge is 0.416 e. The topological polar surface area (TPSA) is 86.1 Å². The largest absolute Gasteiger partial charge is 0.451 e. The lowest BCUT2D eigenvalue weighted by atomic mass is 10.2. The second kappa shape index (κ2) is 8.13. The van der Waals surface area contributed by atoms with Gasteiger partial charge >= 0.3 is 12.1 Å². The highest BCUT2D eigenvalue weighted by Gasteiger charge is 2.30. The van der Waals surface area contributed by atoms with E-state index in [0.29, 0.717) is 11.4 Å². The number of aryl methyl sites for hydroxylation is 1. The summed E-state index contributed by atoms with van der Waals surface area (Å²) in [5, 5.41) is 10.6. The van der Waals surface area contributed by atoms with E-state index >= 15 is 0 Å². The predicted molar refractivity (Wildman–Crippen MR) is 96.5 cm³/mol. The highest BCUT2D eigenvalue weighted by molar-refractivity contribution is 5.95. The van der Waals surface area contributed by atoms with Gasteiger partial charge in [-0.05, 0) is 43.3 Å². The molecule has 0 fully saturated rings. The molecule has 0 aliphatic heterocycles. The standard InChI is InChI=1S/C19H15F3N4O3/c1-12-17(25-26(24-12)15-5-3-2-4-6-15)18(28)29-11-16(27)23-14-9-7-13(8-10-14)19(20,21)22/h2-10H,11H2,1H3,(H,23,27). The number of hydrogen-bond acceptors (Lipinski definition) is 5. The van der Waals surface area contributed by atoms with Crippen molar-refractivity contribution in [2.45, 2.75) is 13.1 Å². The number of carbonyl (C=O) groups excluding carboxylic acids is 2. The first-order valence-corrected chi connectivity index (χ1v) is 8.37. The fourth-order valence-corrected chi connectivity index (χ4v) is 2.38. The molecule has 1 aromatic heterocycles. The van der Waals surface area contributed by atoms with Crippen molar-refractivity contribution in [2.75, 3.05) is 11.9 Å². The van der Waals surface area contributed by atoms with E-state index in [4.69, 9.17) is 4.74 Å². The SMILES string of the molecule is Cc1nn(-c2ccccc2)nc1C(=O)OCC(=O)Nc1ccc(C(F)(F)F)cc1. The summed E-state index contributed by atoms with van der Waals surface area (Å²) in [6, 6.07) is 12.8. The number of benzene rings is 2. The van der Waals surface area contributed by atoms with Gasteiger partial charge in [0.2, 0.25) is 0 Å². The lowest BCUT2D eigenvalue weighted by Gasteiger charge is -2.09. The molecule has 2 aromatic carbocycles. The molecule has 0 aliphatic rings. The number of hydrogen-bond donors (Lipinski definition) is 1. The number of halogens is 3. The second-order valence-corrected chi connectivity index (χ2v) is 5.96. The van der Waals surface area contributed by atoms with Crippen LogP contribution in [0.1, 0.15) is 21.7 Å². The molecule has 10 heteroatoms. The molecule has 0 atom stereocenters. The van der Waals surface area contributed by atoms with E-state index in [-0.39, 0.29) is 11.4 Å². The van der Waals surface area contributed by atoms with E-state index in [2.05, 4.69) is 15.5 Å². The lowest BCUT2D eigenvalue weighted by Crippen LogP contribution is -2.21. The number of amides is 1. The van der Waals surface area contributed by atoms with Crippen LogP contribution in [0.25, 0.3) is 5.69 Å². The third-order valence-electron chi connectivity index (χ3n) is 3.79. The molecule has 0 bridgehead atoms. The average Bonchev–Trinajstić information content (AvgIpc) is 3.08. The van der Waals surface area contributed by atoms with Crippen molar-refractivity contribution < 1.29 is 27.5 Å². The van der Waals surface area contributed by atoms with E-state index in [1.807, 2.05) is 6.07 Å². The van der Waals surface area contributed by atoms with Gasteiger partial charge < -0.3 is 10.1 Å². The van der Waals surface area contributed by atoms with E-state index in [1.54, 1.807) is 31.2 Å². The summed E-state index contributed by atoms with van der Waals surface area (Å²) >= 11 is 0. The summed E-state index contributed by atoms with van der Waals surface area (Å²) in [6.07, 6.45) is -4.47. The second-order valence-electron chi connectivity index (χ2n) is 5.96. The number of ether oxygens (including phenoxy) is 1. The maximum atomic E-state index is 12.5. The number of nitrogens with one attached hydrogen (secondary N) is 1. The summed E-state index contributed by atoms with van der Waals surface area (Å²) in [5.74, 6) is -1.54. The van der Waals surface area contributed by atoms with Crippen molar-refractivity contribution in [3.05, 3.63) is 71.5 Å². The summed E-state index contributed by atoms with van der Waals surface area (Å²) in [5.41, 5.74) is 0.233. The molecular weight excluding hydrogens is 389 g/mol. The number of rotatable bonds is 5. The first-order chi connectivity index (χ1) is 13.7. The van der Waals surface area contributed by atoms with Gasteiger partial charge in [-0.1, -0.05) is 18.2 Å². The van der Waals surface area contributed by atoms with Crippen LogP contribution in [0.4, 0.5) is 18.9 Å². The molecule has 1 N–H and O–H groups in total. The van der Waals surface area contributed by atoms with Crippen LogP contribution in [-0.4, -0.2) is 33.5 Å². The Morgan fingerprint density at radius 2 is 1.69 bits per heavy atom. The summed E-state index contributed by atoms with van der Waals surface area (Å²) in [7, 11) is 0. The normalized spacial score (nSPS) is 11.2. The molecule has 0 saturated carbocycles. The monoisotopic (exact) mass is 404 g/mol. The van der Waals surface area contributed by atoms with Crippen molar-refractivity contribution in [3.63, 3.8) is 0 Å². The Hall–Kier alpha value is -3.69. The third kappa shape index (κ3) is 4.98. The molecule has 1 heterocycles. The minimum absolute atomic E-state index is 0.0452. The van der Waals surface area contributed by atoms with Gasteiger partial charge in [-0.3, -0.25) is 4.79 Å². The zero-order valence-corrected chi connectivity index (χ0v) is 15.1. The van der Waals surface area contributed by atoms with Crippen LogP contribution in [0, 0.1) is 6.92 Å². The molecule has 150 valence electrons. The third-order valence-corrected chi connectivity index (χ3v) is 3.79. The van der Waals surface area contributed by atoms with Crippen molar-refractivity contribution in [1.82, 2.24) is 15.0 Å². The van der Waals surface area contributed by atoms with Crippen LogP contribution in [0.5, 0.6) is 0 Å². The zero-order valence-electron chi connectivity index (χ0n) is 15.1. The van der Waals surface area contributed by atoms with E-state index in [1.165, 1.54) is 4.80 Å². The van der Waals surface area contributed by atoms with Gasteiger partial charge in [0.1, 0.15) is 0 Å². The van der Waals surface area contributed by atoms with E-state index < -0.39 is 30.2 Å². The Kier molecular flexibility index (Phi) is 5.62. The first-order valence-electron chi connectivity index (χ1n) is 8.37. The molecule has 0 spiro atoms. The minimum atomic E-state index is -4.47. The molecular formula is C19H15F3N4O3. The Balaban J connectivity index is 1.58. The number of aromatic nitrogens is 3. The molecule has 1 amide bonds. The Labute approximate surface area is 163 Å². The first kappa shape index (κ1) is 20.1. The Morgan fingerprint density at radius 3 is 2.31 bits per heavy atom. The van der Waals surface area contributed by atoms with Gasteiger partial charge in [0, 0.05) is 5.69 Å². The fourth-order valence-electron chi connectivity index (χ4n) is 2.38. The van der Waals surface area contributed by atoms with Gasteiger partial charge in [0.05, 0.1) is 16.9 Å². The highest BCUT2D eigenvalue weighted by Crippen LogP contribution is 2.29. The minimum Gasteiger partial charge on any atom is -0.451 e. The molecule has 0 radical (unpaired) electrons. The van der Waals surface area contributed by atoms with Crippen LogP contribution in [0.15, 0.2) is 54.6 Å². The molecule has 3 rings (SSSR count). The highest BCUT2D eigenvalue weighted by atomic mass is 19.4. The molecule has 7 nitrogen and oxygen atoms in total. The van der Waals surface area contributed by atoms with Crippen molar-refractivity contribution in [2.24, 2.45) is 0 Å². The van der Waals surface area contributed by atoms with Gasteiger partial charge in [0.15, 0.2) is 12.3 Å². The van der Waals surface area contributed by atoms with Crippen molar-refractivity contribution in [1.29, 1.82) is 0 Å². The maximum absolute atomic E-state index is 12.5. The van der Waals surface area contributed by atoms with Crippen LogP contribution in [-0.2, 0) is 15.7 Å². The van der Waals surface area contributed by atoms with Crippen LogP contribution < -0.4 is 5.32 Å². The summed E-state index contributed by atoms with van der Waals surface area (Å²) < 4.78 is 42.5. The van der Waals surface area contributed by atoms with Crippen LogP contribution >= 0.6 is 0 Å². The Bertz CT molecular complexity index is 1020. The molecule has 0 aliphatic carbocycles. The zero-order chi connectivity index (χ0) is 21.0. The Morgan fingerprint density at radius 1 is 1.03 bits per heavy atom. The summed E-state index contributed by atoms with van der Waals surface area (Å²) in [4.78, 5) is 25.3. The number of anilines is 1. The number of nitrogens with zero attached hydrogens (tertiary/aromatic N) is 3.